The van der Waals surface area contributed by atoms with Crippen LogP contribution in [-0.2, 0) is 14.8 Å². The number of aryl methyl sites for hydroxylation is 2. The minimum atomic E-state index is -4.14. The topological polar surface area (TPSA) is 94.2 Å². The molecule has 3 aromatic rings. The lowest BCUT2D eigenvalue weighted by Crippen LogP contribution is -2.38. The van der Waals surface area contributed by atoms with E-state index >= 15 is 0 Å². The van der Waals surface area contributed by atoms with Gasteiger partial charge in [-0.3, -0.25) is 9.10 Å². The molecule has 0 heterocycles. The zero-order valence-electron chi connectivity index (χ0n) is 19.8. The van der Waals surface area contributed by atoms with Crippen LogP contribution >= 0.6 is 0 Å². The molecule has 0 unspecified atom stereocenters. The normalized spacial score (nSPS) is 11.0. The van der Waals surface area contributed by atoms with Crippen molar-refractivity contribution in [2.24, 2.45) is 0 Å². The van der Waals surface area contributed by atoms with Gasteiger partial charge in [0, 0.05) is 6.07 Å². The number of nitrogens with one attached hydrogen (secondary N) is 1. The first-order valence-corrected chi connectivity index (χ1v) is 11.9. The minimum absolute atomic E-state index is 0.0330. The molecule has 0 aromatic heterocycles. The quantitative estimate of drug-likeness (QED) is 0.490. The van der Waals surface area contributed by atoms with Crippen molar-refractivity contribution in [1.82, 2.24) is 0 Å². The second-order valence-electron chi connectivity index (χ2n) is 7.62. The van der Waals surface area contributed by atoms with Crippen LogP contribution in [0.15, 0.2) is 65.6 Å². The third-order valence-electron chi connectivity index (χ3n) is 5.11. The van der Waals surface area contributed by atoms with Crippen molar-refractivity contribution in [3.63, 3.8) is 0 Å². The van der Waals surface area contributed by atoms with Gasteiger partial charge in [-0.15, -0.1) is 0 Å². The second kappa shape index (κ2) is 10.5. The van der Waals surface area contributed by atoms with Crippen molar-refractivity contribution in [3.05, 3.63) is 71.8 Å². The standard InChI is InChI=1S/C25H28N2O6S/c1-17-12-18(2)14-19(13-17)27(16-25(28)26-21-8-6-7-9-22(21)31-3)34(29,30)20-10-11-23(32-4)24(15-20)33-5/h6-15H,16H2,1-5H3,(H,26,28). The molecule has 8 nitrogen and oxygen atoms in total. The van der Waals surface area contributed by atoms with E-state index in [1.807, 2.05) is 19.9 Å². The maximum absolute atomic E-state index is 13.8. The van der Waals surface area contributed by atoms with Crippen LogP contribution in [0.25, 0.3) is 0 Å². The first-order valence-electron chi connectivity index (χ1n) is 10.5. The van der Waals surface area contributed by atoms with Crippen molar-refractivity contribution < 1.29 is 27.4 Å². The fourth-order valence-electron chi connectivity index (χ4n) is 3.58. The summed E-state index contributed by atoms with van der Waals surface area (Å²) >= 11 is 0. The summed E-state index contributed by atoms with van der Waals surface area (Å²) in [7, 11) is 0.247. The highest BCUT2D eigenvalue weighted by Crippen LogP contribution is 2.33. The Morgan fingerprint density at radius 2 is 1.44 bits per heavy atom. The third-order valence-corrected chi connectivity index (χ3v) is 6.88. The number of sulfonamides is 1. The predicted octanol–water partition coefficient (Wildman–Crippen LogP) is 4.16. The van der Waals surface area contributed by atoms with Crippen molar-refractivity contribution in [2.75, 3.05) is 37.5 Å². The molecule has 3 aromatic carbocycles. The van der Waals surface area contributed by atoms with Gasteiger partial charge in [-0.1, -0.05) is 18.2 Å². The predicted molar refractivity (Wildman–Crippen MR) is 132 cm³/mol. The van der Waals surface area contributed by atoms with E-state index in [0.29, 0.717) is 22.9 Å². The summed E-state index contributed by atoms with van der Waals surface area (Å²) in [6, 6.07) is 16.6. The molecule has 0 aliphatic rings. The highest BCUT2D eigenvalue weighted by molar-refractivity contribution is 7.92. The molecule has 0 saturated carbocycles. The molecule has 1 amide bonds. The number of para-hydroxylation sites is 2. The lowest BCUT2D eigenvalue weighted by Gasteiger charge is -2.25. The Morgan fingerprint density at radius 3 is 2.06 bits per heavy atom. The molecule has 180 valence electrons. The zero-order valence-corrected chi connectivity index (χ0v) is 20.6. The van der Waals surface area contributed by atoms with E-state index in [1.165, 1.54) is 39.5 Å². The van der Waals surface area contributed by atoms with E-state index in [1.54, 1.807) is 36.4 Å². The smallest absolute Gasteiger partial charge is 0.264 e. The Labute approximate surface area is 200 Å². The summed E-state index contributed by atoms with van der Waals surface area (Å²) in [5, 5.41) is 2.74. The molecule has 0 aliphatic carbocycles. The summed E-state index contributed by atoms with van der Waals surface area (Å²) in [5.74, 6) is 0.611. The van der Waals surface area contributed by atoms with E-state index in [-0.39, 0.29) is 10.6 Å². The Morgan fingerprint density at radius 1 is 0.824 bits per heavy atom. The molecular formula is C25H28N2O6S. The Bertz CT molecular complexity index is 1270. The molecule has 0 atom stereocenters. The van der Waals surface area contributed by atoms with Gasteiger partial charge in [0.05, 0.1) is 37.6 Å². The largest absolute Gasteiger partial charge is 0.495 e. The average molecular weight is 485 g/mol. The number of carbonyl (C=O) groups excluding carboxylic acids is 1. The fourth-order valence-corrected chi connectivity index (χ4v) is 5.00. The monoisotopic (exact) mass is 484 g/mol. The van der Waals surface area contributed by atoms with Crippen LogP contribution in [-0.4, -0.2) is 42.2 Å². The molecule has 0 spiro atoms. The maximum Gasteiger partial charge on any atom is 0.264 e. The van der Waals surface area contributed by atoms with Crippen LogP contribution in [0.3, 0.4) is 0 Å². The average Bonchev–Trinajstić information content (AvgIpc) is 2.81. The first-order chi connectivity index (χ1) is 16.2. The highest BCUT2D eigenvalue weighted by atomic mass is 32.2. The molecule has 0 aliphatic heterocycles. The van der Waals surface area contributed by atoms with Crippen LogP contribution in [0.4, 0.5) is 11.4 Å². The molecule has 34 heavy (non-hydrogen) atoms. The molecule has 9 heteroatoms. The number of ether oxygens (including phenoxy) is 3. The van der Waals surface area contributed by atoms with Gasteiger partial charge in [0.15, 0.2) is 11.5 Å². The number of nitrogens with zero attached hydrogens (tertiary/aromatic N) is 1. The molecular weight excluding hydrogens is 456 g/mol. The Hall–Kier alpha value is -3.72. The van der Waals surface area contributed by atoms with Crippen LogP contribution in [0.5, 0.6) is 17.2 Å². The van der Waals surface area contributed by atoms with Gasteiger partial charge < -0.3 is 19.5 Å². The van der Waals surface area contributed by atoms with E-state index in [0.717, 1.165) is 15.4 Å². The SMILES string of the molecule is COc1ccccc1NC(=O)CN(c1cc(C)cc(C)c1)S(=O)(=O)c1ccc(OC)c(OC)c1. The zero-order chi connectivity index (χ0) is 24.9. The fraction of sp³-hybridized carbons (Fsp3) is 0.240. The summed E-state index contributed by atoms with van der Waals surface area (Å²) in [5.41, 5.74) is 2.56. The van der Waals surface area contributed by atoms with Gasteiger partial charge in [-0.05, 0) is 61.4 Å². The van der Waals surface area contributed by atoms with E-state index in [4.69, 9.17) is 14.2 Å². The molecule has 1 N–H and O–H groups in total. The number of anilines is 2. The Kier molecular flexibility index (Phi) is 7.68. The highest BCUT2D eigenvalue weighted by Gasteiger charge is 2.29. The molecule has 0 bridgehead atoms. The number of rotatable bonds is 9. The summed E-state index contributed by atoms with van der Waals surface area (Å²) in [6.45, 7) is 3.29. The number of methoxy groups -OCH3 is 3. The van der Waals surface area contributed by atoms with E-state index in [2.05, 4.69) is 5.32 Å². The summed E-state index contributed by atoms with van der Waals surface area (Å²) < 4.78 is 44.4. The van der Waals surface area contributed by atoms with Gasteiger partial charge in [0.1, 0.15) is 12.3 Å². The summed E-state index contributed by atoms with van der Waals surface area (Å²) in [6.07, 6.45) is 0. The molecule has 0 saturated heterocycles. The van der Waals surface area contributed by atoms with Crippen LogP contribution < -0.4 is 23.8 Å². The molecule has 0 fully saturated rings. The number of hydrogen-bond donors (Lipinski definition) is 1. The van der Waals surface area contributed by atoms with Gasteiger partial charge >= 0.3 is 0 Å². The Balaban J connectivity index is 2.04. The molecule has 3 rings (SSSR count). The van der Waals surface area contributed by atoms with Gasteiger partial charge in [0.2, 0.25) is 5.91 Å². The maximum atomic E-state index is 13.8. The number of carbonyl (C=O) groups is 1. The third kappa shape index (κ3) is 5.43. The minimum Gasteiger partial charge on any atom is -0.495 e. The van der Waals surface area contributed by atoms with Gasteiger partial charge in [-0.2, -0.15) is 0 Å². The van der Waals surface area contributed by atoms with Gasteiger partial charge in [0.25, 0.3) is 10.0 Å². The van der Waals surface area contributed by atoms with Crippen LogP contribution in [0, 0.1) is 13.8 Å². The second-order valence-corrected chi connectivity index (χ2v) is 9.49. The lowest BCUT2D eigenvalue weighted by atomic mass is 10.1. The van der Waals surface area contributed by atoms with Crippen molar-refractivity contribution >= 4 is 27.3 Å². The van der Waals surface area contributed by atoms with Crippen molar-refractivity contribution in [3.8, 4) is 17.2 Å². The van der Waals surface area contributed by atoms with Crippen molar-refractivity contribution in [1.29, 1.82) is 0 Å². The van der Waals surface area contributed by atoms with Crippen LogP contribution in [0.2, 0.25) is 0 Å². The number of amides is 1. The number of hydrogen-bond acceptors (Lipinski definition) is 6. The first kappa shape index (κ1) is 24.9. The summed E-state index contributed by atoms with van der Waals surface area (Å²) in [4.78, 5) is 13.0. The molecule has 0 radical (unpaired) electrons. The van der Waals surface area contributed by atoms with Crippen molar-refractivity contribution in [2.45, 2.75) is 18.7 Å². The lowest BCUT2D eigenvalue weighted by molar-refractivity contribution is -0.114. The van der Waals surface area contributed by atoms with E-state index in [9.17, 15) is 13.2 Å². The van der Waals surface area contributed by atoms with E-state index < -0.39 is 22.5 Å². The van der Waals surface area contributed by atoms with Crippen LogP contribution in [0.1, 0.15) is 11.1 Å². The number of benzene rings is 3. The van der Waals surface area contributed by atoms with Gasteiger partial charge in [-0.25, -0.2) is 8.42 Å².